The van der Waals surface area contributed by atoms with Crippen LogP contribution >= 0.6 is 0 Å². The Bertz CT molecular complexity index is 592. The average Bonchev–Trinajstić information content (AvgIpc) is 2.77. The molecule has 6 heteroatoms. The maximum Gasteiger partial charge on any atom is 0.388 e. The van der Waals surface area contributed by atoms with Gasteiger partial charge in [-0.05, 0) is 50.1 Å². The molecule has 6 atom stereocenters. The molecule has 2 bridgehead atoms. The van der Waals surface area contributed by atoms with Crippen LogP contribution in [0.2, 0.25) is 0 Å². The fourth-order valence-electron chi connectivity index (χ4n) is 5.20. The van der Waals surface area contributed by atoms with Crippen molar-refractivity contribution in [3.63, 3.8) is 0 Å². The van der Waals surface area contributed by atoms with Gasteiger partial charge in [-0.25, -0.2) is 4.89 Å². The molecule has 0 aromatic carbocycles. The van der Waals surface area contributed by atoms with E-state index in [1.54, 1.807) is 6.92 Å². The Balaban J connectivity index is 1.83. The molecule has 4 aliphatic heterocycles. The van der Waals surface area contributed by atoms with E-state index in [4.69, 9.17) is 20.2 Å². The number of hydrogen-bond donors (Lipinski definition) is 1. The van der Waals surface area contributed by atoms with Gasteiger partial charge in [-0.3, -0.25) is 0 Å². The number of hydrogen-bond acceptors (Lipinski definition) is 5. The molecule has 0 aromatic rings. The lowest BCUT2D eigenvalue weighted by Gasteiger charge is -2.53. The van der Waals surface area contributed by atoms with Gasteiger partial charge in [-0.2, -0.15) is 4.89 Å². The first-order chi connectivity index (χ1) is 11.4. The van der Waals surface area contributed by atoms with Gasteiger partial charge in [0.05, 0.1) is 0 Å². The summed E-state index contributed by atoms with van der Waals surface area (Å²) in [6, 6.07) is 0. The predicted molar refractivity (Wildman–Crippen MR) is 88.9 cm³/mol. The quantitative estimate of drug-likeness (QED) is 0.371. The second kappa shape index (κ2) is 5.44. The molecule has 24 heavy (non-hydrogen) atoms. The van der Waals surface area contributed by atoms with Crippen LogP contribution < -0.4 is 5.73 Å². The molecule has 2 saturated heterocycles. The molecule has 1 spiro atoms. The van der Waals surface area contributed by atoms with Gasteiger partial charge >= 0.3 is 11.6 Å². The normalized spacial score (nSPS) is 47.2. The molecule has 3 fully saturated rings. The lowest BCUT2D eigenvalue weighted by Crippen LogP contribution is -2.68. The standard InChI is InChI=1S/C18H28N2O4/c1-11-6-7-14-12(2)15(5-4-10-19)22-16-18(14)13(11)8-9-17(3,20(16)21)23-24-18/h11,13-15H,2,4-10,19H2,1,3H3/t11-,13?,14+,15-,17?,18?/m1/s1. The lowest BCUT2D eigenvalue weighted by molar-refractivity contribution is -0.691. The maximum absolute atomic E-state index is 13.1. The van der Waals surface area contributed by atoms with Gasteiger partial charge < -0.3 is 15.7 Å². The zero-order chi connectivity index (χ0) is 17.1. The van der Waals surface area contributed by atoms with Crippen LogP contribution in [-0.2, 0) is 14.5 Å². The Morgan fingerprint density at radius 1 is 1.33 bits per heavy atom. The summed E-state index contributed by atoms with van der Waals surface area (Å²) in [5.74, 6) is 1.18. The summed E-state index contributed by atoms with van der Waals surface area (Å²) in [5.41, 5.74) is 4.90. The topological polar surface area (TPSA) is 79.8 Å². The average molecular weight is 336 g/mol. The van der Waals surface area contributed by atoms with Crippen molar-refractivity contribution in [2.24, 2.45) is 23.5 Å². The minimum atomic E-state index is -1.00. The molecule has 0 aromatic heterocycles. The highest BCUT2D eigenvalue weighted by molar-refractivity contribution is 5.85. The van der Waals surface area contributed by atoms with Crippen LogP contribution in [0.1, 0.15) is 52.4 Å². The molecule has 2 N–H and O–H groups in total. The highest BCUT2D eigenvalue weighted by Crippen LogP contribution is 2.57. The van der Waals surface area contributed by atoms with Gasteiger partial charge in [-0.1, -0.05) is 13.5 Å². The molecule has 1 aliphatic carbocycles. The fraction of sp³-hybridized carbons (Fsp3) is 0.833. The Morgan fingerprint density at radius 2 is 2.12 bits per heavy atom. The van der Waals surface area contributed by atoms with E-state index >= 15 is 0 Å². The number of fused-ring (bicyclic) bond motifs is 2. The van der Waals surface area contributed by atoms with Crippen molar-refractivity contribution < 1.29 is 19.3 Å². The highest BCUT2D eigenvalue weighted by Gasteiger charge is 2.71. The van der Waals surface area contributed by atoms with E-state index in [-0.39, 0.29) is 17.9 Å². The molecular formula is C18H28N2O4. The number of nitrogens with zero attached hydrogens (tertiary/aromatic N) is 1. The molecule has 1 saturated carbocycles. The zero-order valence-corrected chi connectivity index (χ0v) is 14.6. The minimum Gasteiger partial charge on any atom is -0.619 e. The number of rotatable bonds is 3. The van der Waals surface area contributed by atoms with Gasteiger partial charge in [0, 0.05) is 25.2 Å². The van der Waals surface area contributed by atoms with Gasteiger partial charge in [0.2, 0.25) is 5.60 Å². The van der Waals surface area contributed by atoms with E-state index in [9.17, 15) is 5.21 Å². The predicted octanol–water partition coefficient (Wildman–Crippen LogP) is 2.46. The third-order valence-electron chi connectivity index (χ3n) is 6.68. The van der Waals surface area contributed by atoms with Gasteiger partial charge in [0.25, 0.3) is 0 Å². The summed E-state index contributed by atoms with van der Waals surface area (Å²) in [4.78, 5) is 11.7. The molecule has 0 radical (unpaired) electrons. The third-order valence-corrected chi connectivity index (χ3v) is 6.68. The monoisotopic (exact) mass is 336 g/mol. The van der Waals surface area contributed by atoms with Crippen LogP contribution in [0.15, 0.2) is 12.2 Å². The van der Waals surface area contributed by atoms with E-state index in [1.807, 2.05) is 0 Å². The Morgan fingerprint density at radius 3 is 2.88 bits per heavy atom. The zero-order valence-electron chi connectivity index (χ0n) is 14.6. The first kappa shape index (κ1) is 16.4. The maximum atomic E-state index is 13.1. The van der Waals surface area contributed by atoms with E-state index in [2.05, 4.69) is 13.5 Å². The second-order valence-corrected chi connectivity index (χ2v) is 8.10. The van der Waals surface area contributed by atoms with Crippen molar-refractivity contribution in [2.75, 3.05) is 6.54 Å². The van der Waals surface area contributed by atoms with Crippen molar-refractivity contribution in [3.8, 4) is 0 Å². The highest BCUT2D eigenvalue weighted by atomic mass is 17.2. The minimum absolute atomic E-state index is 0.0734. The SMILES string of the molecule is C=C1[C@@H](CCCN)OC2=[N+]([O-])C3(C)CCC4[C@H](C)CC[C@@H]1C24OO3. The third kappa shape index (κ3) is 1.96. The fourth-order valence-corrected chi connectivity index (χ4v) is 5.20. The molecule has 0 amide bonds. The van der Waals surface area contributed by atoms with Crippen LogP contribution in [0.4, 0.5) is 0 Å². The van der Waals surface area contributed by atoms with Crippen LogP contribution in [0.25, 0.3) is 0 Å². The molecule has 134 valence electrons. The molecular weight excluding hydrogens is 308 g/mol. The molecule has 3 unspecified atom stereocenters. The van der Waals surface area contributed by atoms with Crippen LogP contribution in [-0.4, -0.2) is 34.6 Å². The second-order valence-electron chi connectivity index (χ2n) is 8.10. The number of nitrogens with two attached hydrogens (primary N) is 1. The van der Waals surface area contributed by atoms with E-state index in [1.165, 1.54) is 0 Å². The largest absolute Gasteiger partial charge is 0.619 e. The Kier molecular flexibility index (Phi) is 3.71. The number of ether oxygens (including phenoxy) is 1. The van der Waals surface area contributed by atoms with Gasteiger partial charge in [-0.15, -0.1) is 4.74 Å². The van der Waals surface area contributed by atoms with Crippen LogP contribution in [0.5, 0.6) is 0 Å². The summed E-state index contributed by atoms with van der Waals surface area (Å²) < 4.78 is 7.19. The first-order valence-electron chi connectivity index (χ1n) is 9.21. The van der Waals surface area contributed by atoms with Gasteiger partial charge in [0.1, 0.15) is 6.10 Å². The lowest BCUT2D eigenvalue weighted by atomic mass is 9.59. The summed E-state index contributed by atoms with van der Waals surface area (Å²) >= 11 is 0. The molecule has 6 nitrogen and oxygen atoms in total. The van der Waals surface area contributed by atoms with Crippen molar-refractivity contribution in [3.05, 3.63) is 17.4 Å². The van der Waals surface area contributed by atoms with E-state index < -0.39 is 11.3 Å². The van der Waals surface area contributed by atoms with Crippen molar-refractivity contribution in [1.82, 2.24) is 0 Å². The molecule has 5 aliphatic rings. The summed E-state index contributed by atoms with van der Waals surface area (Å²) in [6.45, 7) is 8.98. The summed E-state index contributed by atoms with van der Waals surface area (Å²) in [5, 5.41) is 13.1. The van der Waals surface area contributed by atoms with Crippen molar-refractivity contribution in [1.29, 1.82) is 0 Å². The smallest absolute Gasteiger partial charge is 0.388 e. The molecule has 4 heterocycles. The first-order valence-corrected chi connectivity index (χ1v) is 9.21. The van der Waals surface area contributed by atoms with Gasteiger partial charge in [0.15, 0.2) is 0 Å². The van der Waals surface area contributed by atoms with Crippen molar-refractivity contribution in [2.45, 2.75) is 69.8 Å². The summed E-state index contributed by atoms with van der Waals surface area (Å²) in [7, 11) is 0. The Labute approximate surface area is 143 Å². The Hall–Kier alpha value is -1.11. The molecule has 5 rings (SSSR count). The number of hydroxylamine groups is 1. The van der Waals surface area contributed by atoms with E-state index in [0.29, 0.717) is 24.8 Å². The van der Waals surface area contributed by atoms with Crippen molar-refractivity contribution >= 4 is 5.90 Å². The van der Waals surface area contributed by atoms with Crippen LogP contribution in [0.3, 0.4) is 0 Å². The van der Waals surface area contributed by atoms with E-state index in [0.717, 1.165) is 42.4 Å². The van der Waals surface area contributed by atoms with Crippen LogP contribution in [0, 0.1) is 23.0 Å². The summed E-state index contributed by atoms with van der Waals surface area (Å²) in [6.07, 6.45) is 5.10.